The van der Waals surface area contributed by atoms with Crippen LogP contribution < -0.4 is 5.32 Å². The maximum atomic E-state index is 13.5. The smallest absolute Gasteiger partial charge is 0.306 e. The SMILES string of the molecule is CC/C=C/C=C/C=C/CCCCCCCCCC(=O)OC1C(OCC(NC(=O)C(O)CCCCCCCCCCCCCC/C=C\C/C=C\CCCCC)C(O)/C=C/CCCCCCCCCCCCC)OC(CO)C(O)C1O. The first kappa shape index (κ1) is 74.1. The molecule has 1 amide bonds. The van der Waals surface area contributed by atoms with Crippen LogP contribution in [0.5, 0.6) is 0 Å². The van der Waals surface area contributed by atoms with E-state index >= 15 is 0 Å². The first-order valence-corrected chi connectivity index (χ1v) is 32.7. The van der Waals surface area contributed by atoms with Crippen molar-refractivity contribution in [3.8, 4) is 0 Å². The lowest BCUT2D eigenvalue weighted by Crippen LogP contribution is -2.61. The van der Waals surface area contributed by atoms with Crippen molar-refractivity contribution >= 4 is 11.9 Å². The molecule has 8 atom stereocenters. The number of carbonyl (C=O) groups is 2. The third-order valence-electron chi connectivity index (χ3n) is 15.2. The number of aliphatic hydroxyl groups is 5. The van der Waals surface area contributed by atoms with Crippen LogP contribution in [0.3, 0.4) is 0 Å². The number of hydrogen-bond donors (Lipinski definition) is 6. The number of hydrogen-bond acceptors (Lipinski definition) is 10. The number of nitrogens with one attached hydrogen (secondary N) is 1. The lowest BCUT2D eigenvalue weighted by atomic mass is 9.99. The van der Waals surface area contributed by atoms with Gasteiger partial charge in [-0.25, -0.2) is 0 Å². The highest BCUT2D eigenvalue weighted by Gasteiger charge is 2.47. The minimum atomic E-state index is -1.62. The molecule has 458 valence electrons. The summed E-state index contributed by atoms with van der Waals surface area (Å²) in [4.78, 5) is 26.6. The maximum absolute atomic E-state index is 13.5. The van der Waals surface area contributed by atoms with E-state index in [-0.39, 0.29) is 19.4 Å². The van der Waals surface area contributed by atoms with Gasteiger partial charge in [-0.1, -0.05) is 273 Å². The predicted octanol–water partition coefficient (Wildman–Crippen LogP) is 16.0. The quantitative estimate of drug-likeness (QED) is 0.0149. The van der Waals surface area contributed by atoms with E-state index in [1.165, 1.54) is 141 Å². The molecule has 1 heterocycles. The Morgan fingerprint density at radius 1 is 0.519 bits per heavy atom. The van der Waals surface area contributed by atoms with E-state index in [0.717, 1.165) is 96.3 Å². The largest absolute Gasteiger partial charge is 0.454 e. The van der Waals surface area contributed by atoms with E-state index in [0.29, 0.717) is 12.8 Å². The first-order chi connectivity index (χ1) is 38.7. The summed E-state index contributed by atoms with van der Waals surface area (Å²) in [6, 6.07) is -1.03. The number of aliphatic hydroxyl groups excluding tert-OH is 5. The standard InChI is InChI=1S/C68H121NO10/c1-4-7-10-13-16-19-22-25-27-28-29-30-31-32-33-35-37-40-43-46-49-52-55-61(72)67(76)69-59(60(71)54-51-48-45-42-39-36-24-21-18-15-12-9-6-3)58-77-68-66(65(75)64(74)62(57-70)78-68)79-63(73)56-53-50-47-44-41-38-34-26-23-20-17-14-11-8-5-2/h8,11,14,16-17,19-20,23,25,27,51,54,59-62,64-66,68,70-72,74-75H,4-7,9-10,12-13,15,18,21-22,24,26,28-50,52-53,55-58H2,1-3H3,(H,69,76)/b11-8+,17-14+,19-16-,23-20+,27-25-,54-51+. The van der Waals surface area contributed by atoms with Crippen LogP contribution in [0.4, 0.5) is 0 Å². The van der Waals surface area contributed by atoms with Crippen LogP contribution in [0, 0.1) is 0 Å². The van der Waals surface area contributed by atoms with E-state index in [4.69, 9.17) is 14.2 Å². The molecule has 0 saturated carbocycles. The fourth-order valence-corrected chi connectivity index (χ4v) is 9.98. The van der Waals surface area contributed by atoms with Gasteiger partial charge in [-0.2, -0.15) is 0 Å². The summed E-state index contributed by atoms with van der Waals surface area (Å²) in [7, 11) is 0. The third kappa shape index (κ3) is 43.5. The molecule has 1 aliphatic heterocycles. The average Bonchev–Trinajstić information content (AvgIpc) is 3.50. The molecule has 1 aliphatic rings. The van der Waals surface area contributed by atoms with E-state index in [1.807, 2.05) is 12.2 Å². The highest BCUT2D eigenvalue weighted by molar-refractivity contribution is 5.80. The first-order valence-electron chi connectivity index (χ1n) is 32.7. The molecule has 11 nitrogen and oxygen atoms in total. The minimum absolute atomic E-state index is 0.109. The van der Waals surface area contributed by atoms with Gasteiger partial charge >= 0.3 is 5.97 Å². The van der Waals surface area contributed by atoms with E-state index in [9.17, 15) is 35.1 Å². The molecule has 0 aliphatic carbocycles. The van der Waals surface area contributed by atoms with Crippen LogP contribution in [0.1, 0.15) is 284 Å². The minimum Gasteiger partial charge on any atom is -0.454 e. The van der Waals surface area contributed by atoms with Crippen molar-refractivity contribution in [2.24, 2.45) is 0 Å². The lowest BCUT2D eigenvalue weighted by Gasteiger charge is -2.41. The second kappa shape index (κ2) is 55.6. The summed E-state index contributed by atoms with van der Waals surface area (Å²) in [5, 5.41) is 57.1. The van der Waals surface area contributed by atoms with E-state index in [1.54, 1.807) is 6.08 Å². The van der Waals surface area contributed by atoms with Gasteiger partial charge in [0.1, 0.15) is 24.4 Å². The van der Waals surface area contributed by atoms with Gasteiger partial charge in [0.2, 0.25) is 5.91 Å². The monoisotopic (exact) mass is 1110 g/mol. The van der Waals surface area contributed by atoms with Crippen LogP contribution in [0.2, 0.25) is 0 Å². The van der Waals surface area contributed by atoms with Gasteiger partial charge in [0.05, 0.1) is 25.4 Å². The predicted molar refractivity (Wildman–Crippen MR) is 329 cm³/mol. The van der Waals surface area contributed by atoms with Crippen molar-refractivity contribution in [1.29, 1.82) is 0 Å². The maximum Gasteiger partial charge on any atom is 0.306 e. The number of unbranched alkanes of at least 4 members (excludes halogenated alkanes) is 33. The summed E-state index contributed by atoms with van der Waals surface area (Å²) in [6.07, 6.45) is 60.8. The summed E-state index contributed by atoms with van der Waals surface area (Å²) >= 11 is 0. The Balaban J connectivity index is 2.64. The molecule has 1 rings (SSSR count). The Kier molecular flexibility index (Phi) is 52.2. The molecular weight excluding hydrogens is 991 g/mol. The van der Waals surface area contributed by atoms with Gasteiger partial charge in [-0.05, 0) is 77.0 Å². The fourth-order valence-electron chi connectivity index (χ4n) is 9.98. The van der Waals surface area contributed by atoms with Gasteiger partial charge < -0.3 is 45.1 Å². The lowest BCUT2D eigenvalue weighted by molar-refractivity contribution is -0.305. The van der Waals surface area contributed by atoms with Crippen molar-refractivity contribution < 1.29 is 49.3 Å². The molecule has 0 bridgehead atoms. The van der Waals surface area contributed by atoms with Gasteiger partial charge in [0, 0.05) is 6.42 Å². The molecule has 0 radical (unpaired) electrons. The average molecular weight is 1110 g/mol. The molecular formula is C68H121NO10. The van der Waals surface area contributed by atoms with Crippen molar-refractivity contribution in [2.45, 2.75) is 333 Å². The van der Waals surface area contributed by atoms with Crippen molar-refractivity contribution in [3.05, 3.63) is 72.9 Å². The third-order valence-corrected chi connectivity index (χ3v) is 15.2. The Bertz CT molecular complexity index is 1560. The number of esters is 1. The fraction of sp³-hybridized carbons (Fsp3) is 0.794. The molecule has 0 spiro atoms. The van der Waals surface area contributed by atoms with Gasteiger partial charge in [0.25, 0.3) is 0 Å². The van der Waals surface area contributed by atoms with Crippen LogP contribution in [0.15, 0.2) is 72.9 Å². The van der Waals surface area contributed by atoms with Crippen LogP contribution in [-0.4, -0.2) is 99.6 Å². The van der Waals surface area contributed by atoms with E-state index < -0.39 is 67.4 Å². The molecule has 1 fully saturated rings. The normalized spacial score (nSPS) is 19.3. The highest BCUT2D eigenvalue weighted by atomic mass is 16.7. The van der Waals surface area contributed by atoms with Gasteiger partial charge in [-0.3, -0.25) is 9.59 Å². The Morgan fingerprint density at radius 2 is 0.962 bits per heavy atom. The van der Waals surface area contributed by atoms with Crippen LogP contribution in [-0.2, 0) is 23.8 Å². The number of rotatable bonds is 55. The molecule has 0 aromatic heterocycles. The van der Waals surface area contributed by atoms with Crippen molar-refractivity contribution in [3.63, 3.8) is 0 Å². The van der Waals surface area contributed by atoms with Crippen LogP contribution >= 0.6 is 0 Å². The summed E-state index contributed by atoms with van der Waals surface area (Å²) in [6.45, 7) is 5.65. The zero-order valence-electron chi connectivity index (χ0n) is 50.7. The number of amides is 1. The van der Waals surface area contributed by atoms with Crippen molar-refractivity contribution in [1.82, 2.24) is 5.32 Å². The molecule has 0 aromatic carbocycles. The molecule has 79 heavy (non-hydrogen) atoms. The Labute approximate surface area is 483 Å². The summed E-state index contributed by atoms with van der Waals surface area (Å²) < 4.78 is 17.6. The zero-order valence-corrected chi connectivity index (χ0v) is 50.7. The topological polar surface area (TPSA) is 175 Å². The van der Waals surface area contributed by atoms with Crippen molar-refractivity contribution in [2.75, 3.05) is 13.2 Å². The molecule has 1 saturated heterocycles. The van der Waals surface area contributed by atoms with Gasteiger partial charge in [0.15, 0.2) is 12.4 Å². The molecule has 6 N–H and O–H groups in total. The summed E-state index contributed by atoms with van der Waals surface area (Å²) in [5.74, 6) is -1.20. The Hall–Kier alpha value is -2.90. The molecule has 8 unspecified atom stereocenters. The second-order valence-corrected chi connectivity index (χ2v) is 22.5. The second-order valence-electron chi connectivity index (χ2n) is 22.5. The molecule has 11 heteroatoms. The number of carbonyl (C=O) groups excluding carboxylic acids is 2. The number of allylic oxidation sites excluding steroid dienone is 11. The molecule has 0 aromatic rings. The highest BCUT2D eigenvalue weighted by Crippen LogP contribution is 2.26. The number of ether oxygens (including phenoxy) is 3. The van der Waals surface area contributed by atoms with E-state index in [2.05, 4.69) is 80.8 Å². The summed E-state index contributed by atoms with van der Waals surface area (Å²) in [5.41, 5.74) is 0. The van der Waals surface area contributed by atoms with Crippen LogP contribution in [0.25, 0.3) is 0 Å². The zero-order chi connectivity index (χ0) is 57.5. The van der Waals surface area contributed by atoms with Gasteiger partial charge in [-0.15, -0.1) is 0 Å². The Morgan fingerprint density at radius 3 is 1.48 bits per heavy atom.